The Morgan fingerprint density at radius 2 is 1.90 bits per heavy atom. The number of esters is 1. The molecule has 7 atom stereocenters. The zero-order valence-corrected chi connectivity index (χ0v) is 17.7. The Morgan fingerprint density at radius 1 is 1.13 bits per heavy atom. The smallest absolute Gasteiger partial charge is 0.330 e. The predicted molar refractivity (Wildman–Crippen MR) is 112 cm³/mol. The average molecular weight is 434 g/mol. The van der Waals surface area contributed by atoms with Crippen molar-refractivity contribution >= 4 is 12.0 Å². The second-order valence-electron chi connectivity index (χ2n) is 8.63. The van der Waals surface area contributed by atoms with Gasteiger partial charge in [0.1, 0.15) is 24.1 Å². The Bertz CT molecular complexity index is 783. The molecule has 0 bridgehead atoms. The normalized spacial score (nSPS) is 35.9. The Hall–Kier alpha value is -1.97. The minimum absolute atomic E-state index is 0.350. The molecule has 3 fully saturated rings. The minimum Gasteiger partial charge on any atom is -0.462 e. The summed E-state index contributed by atoms with van der Waals surface area (Å²) < 4.78 is 16.5. The van der Waals surface area contributed by atoms with Crippen LogP contribution < -0.4 is 4.74 Å². The molecule has 0 aromatic heterocycles. The fourth-order valence-electron chi connectivity index (χ4n) is 4.69. The molecular formula is C23H31NO7. The van der Waals surface area contributed by atoms with Crippen molar-refractivity contribution in [2.24, 2.45) is 5.92 Å². The average Bonchev–Trinajstić information content (AvgIpc) is 3.38. The quantitative estimate of drug-likeness (QED) is 0.449. The van der Waals surface area contributed by atoms with Gasteiger partial charge in [0.05, 0.1) is 12.7 Å². The van der Waals surface area contributed by atoms with Crippen LogP contribution in [-0.2, 0) is 14.3 Å². The van der Waals surface area contributed by atoms with Crippen LogP contribution in [0.3, 0.4) is 0 Å². The number of nitrogens with zero attached hydrogens (tertiary/aromatic N) is 1. The van der Waals surface area contributed by atoms with Crippen molar-refractivity contribution in [3.8, 4) is 5.75 Å². The molecule has 31 heavy (non-hydrogen) atoms. The topological polar surface area (TPSA) is 109 Å². The first-order valence-electron chi connectivity index (χ1n) is 11.0. The Kier molecular flexibility index (Phi) is 6.93. The number of aliphatic hydroxyl groups excluding tert-OH is 3. The molecule has 4 rings (SSSR count). The number of carbonyl (C=O) groups is 1. The van der Waals surface area contributed by atoms with E-state index in [-0.39, 0.29) is 5.97 Å². The summed E-state index contributed by atoms with van der Waals surface area (Å²) in [6.45, 7) is 4.35. The predicted octanol–water partition coefficient (Wildman–Crippen LogP) is 0.934. The summed E-state index contributed by atoms with van der Waals surface area (Å²) >= 11 is 0. The van der Waals surface area contributed by atoms with Crippen LogP contribution in [-0.4, -0.2) is 82.6 Å². The highest BCUT2D eigenvalue weighted by molar-refractivity contribution is 5.87. The van der Waals surface area contributed by atoms with Crippen LogP contribution in [0.1, 0.15) is 31.7 Å². The van der Waals surface area contributed by atoms with Gasteiger partial charge in [-0.3, -0.25) is 4.90 Å². The Morgan fingerprint density at radius 3 is 2.68 bits per heavy atom. The summed E-state index contributed by atoms with van der Waals surface area (Å²) in [5, 5.41) is 29.7. The van der Waals surface area contributed by atoms with Crippen LogP contribution in [0.25, 0.3) is 6.08 Å². The van der Waals surface area contributed by atoms with Crippen LogP contribution in [0.5, 0.6) is 5.75 Å². The van der Waals surface area contributed by atoms with Crippen molar-refractivity contribution in [1.29, 1.82) is 0 Å². The second-order valence-corrected chi connectivity index (χ2v) is 8.63. The van der Waals surface area contributed by atoms with Gasteiger partial charge in [0.2, 0.25) is 6.29 Å². The largest absolute Gasteiger partial charge is 0.462 e. The number of aliphatic hydroxyl groups is 3. The summed E-state index contributed by atoms with van der Waals surface area (Å²) in [5.41, 5.74) is 0.793. The molecule has 1 aromatic carbocycles. The molecule has 170 valence electrons. The maximum atomic E-state index is 12.1. The number of benzene rings is 1. The van der Waals surface area contributed by atoms with Gasteiger partial charge in [0, 0.05) is 18.0 Å². The highest BCUT2D eigenvalue weighted by Crippen LogP contribution is 2.32. The van der Waals surface area contributed by atoms with Gasteiger partial charge in [0.25, 0.3) is 0 Å². The molecule has 0 radical (unpaired) electrons. The Balaban J connectivity index is 1.25. The van der Waals surface area contributed by atoms with Gasteiger partial charge in [0.15, 0.2) is 0 Å². The van der Waals surface area contributed by atoms with Crippen LogP contribution in [0.4, 0.5) is 0 Å². The van der Waals surface area contributed by atoms with E-state index >= 15 is 0 Å². The van der Waals surface area contributed by atoms with E-state index in [1.165, 1.54) is 25.5 Å². The molecule has 3 aliphatic rings. The van der Waals surface area contributed by atoms with E-state index in [2.05, 4.69) is 4.90 Å². The number of rotatable bonds is 6. The van der Waals surface area contributed by atoms with E-state index in [9.17, 15) is 20.1 Å². The fraction of sp³-hybridized carbons (Fsp3) is 0.609. The molecule has 0 spiro atoms. The lowest BCUT2D eigenvalue weighted by Gasteiger charge is -2.38. The number of hydrogen-bond donors (Lipinski definition) is 3. The summed E-state index contributed by atoms with van der Waals surface area (Å²) in [6, 6.07) is 7.45. The van der Waals surface area contributed by atoms with E-state index in [0.717, 1.165) is 18.5 Å². The Labute approximate surface area is 182 Å². The monoisotopic (exact) mass is 433 g/mol. The highest BCUT2D eigenvalue weighted by atomic mass is 16.7. The lowest BCUT2D eigenvalue weighted by Crippen LogP contribution is -2.58. The van der Waals surface area contributed by atoms with E-state index in [4.69, 9.17) is 14.2 Å². The van der Waals surface area contributed by atoms with E-state index in [0.29, 0.717) is 24.3 Å². The number of fused-ring (bicyclic) bond motifs is 1. The molecule has 3 heterocycles. The molecule has 3 aliphatic heterocycles. The molecule has 0 unspecified atom stereocenters. The van der Waals surface area contributed by atoms with E-state index in [1.54, 1.807) is 37.3 Å². The van der Waals surface area contributed by atoms with Gasteiger partial charge in [-0.2, -0.15) is 0 Å². The van der Waals surface area contributed by atoms with Crippen molar-refractivity contribution in [2.45, 2.75) is 62.9 Å². The van der Waals surface area contributed by atoms with Gasteiger partial charge in [-0.25, -0.2) is 4.79 Å². The van der Waals surface area contributed by atoms with Crippen molar-refractivity contribution < 1.29 is 34.3 Å². The van der Waals surface area contributed by atoms with Crippen molar-refractivity contribution in [3.63, 3.8) is 0 Å². The molecule has 0 saturated carbocycles. The van der Waals surface area contributed by atoms with Crippen LogP contribution in [0.15, 0.2) is 30.3 Å². The third-order valence-electron chi connectivity index (χ3n) is 6.54. The SMILES string of the molecule is C[C@H]1O[C@H](Oc2ccc(/C=C\C(=O)OC[C@@H]3CCN4CCC[C@H]34)cc2)[C@@H](O)[C@@H](O)[C@@H]1O. The van der Waals surface area contributed by atoms with Crippen molar-refractivity contribution in [2.75, 3.05) is 19.7 Å². The zero-order valence-electron chi connectivity index (χ0n) is 17.7. The fourth-order valence-corrected chi connectivity index (χ4v) is 4.69. The van der Waals surface area contributed by atoms with Gasteiger partial charge >= 0.3 is 5.97 Å². The van der Waals surface area contributed by atoms with Crippen LogP contribution >= 0.6 is 0 Å². The molecule has 1 aromatic rings. The van der Waals surface area contributed by atoms with Gasteiger partial charge in [-0.05, 0) is 63.0 Å². The molecule has 0 aliphatic carbocycles. The molecule has 8 nitrogen and oxygen atoms in total. The third-order valence-corrected chi connectivity index (χ3v) is 6.54. The maximum Gasteiger partial charge on any atom is 0.330 e. The van der Waals surface area contributed by atoms with Gasteiger partial charge in [-0.1, -0.05) is 12.1 Å². The number of carbonyl (C=O) groups excluding carboxylic acids is 1. The molecule has 3 saturated heterocycles. The van der Waals surface area contributed by atoms with Gasteiger partial charge in [-0.15, -0.1) is 0 Å². The molecular weight excluding hydrogens is 402 g/mol. The number of ether oxygens (including phenoxy) is 3. The highest BCUT2D eigenvalue weighted by Gasteiger charge is 2.43. The first-order chi connectivity index (χ1) is 14.9. The lowest BCUT2D eigenvalue weighted by molar-refractivity contribution is -0.268. The lowest BCUT2D eigenvalue weighted by atomic mass is 9.99. The zero-order chi connectivity index (χ0) is 22.0. The maximum absolute atomic E-state index is 12.1. The van der Waals surface area contributed by atoms with E-state index in [1.807, 2.05) is 0 Å². The summed E-state index contributed by atoms with van der Waals surface area (Å²) in [5.74, 6) is 0.523. The summed E-state index contributed by atoms with van der Waals surface area (Å²) in [6.07, 6.45) is 0.996. The van der Waals surface area contributed by atoms with Crippen LogP contribution in [0, 0.1) is 5.92 Å². The van der Waals surface area contributed by atoms with Gasteiger partial charge < -0.3 is 29.5 Å². The number of hydrogen-bond acceptors (Lipinski definition) is 8. The molecule has 0 amide bonds. The first kappa shape index (κ1) is 22.2. The van der Waals surface area contributed by atoms with Crippen molar-refractivity contribution in [3.05, 3.63) is 35.9 Å². The van der Waals surface area contributed by atoms with Crippen LogP contribution in [0.2, 0.25) is 0 Å². The standard InChI is InChI=1S/C23H31NO7/c1-14-20(26)21(27)22(28)23(30-14)31-17-7-4-15(5-8-17)6-9-19(25)29-13-16-10-12-24-11-2-3-18(16)24/h4-9,14,16,18,20-23,26-28H,2-3,10-13H2,1H3/b9-6-/t14-,16+,18-,20-,21+,22+,23-/m1/s1. The molecule has 3 N–H and O–H groups in total. The summed E-state index contributed by atoms with van der Waals surface area (Å²) in [7, 11) is 0. The third kappa shape index (κ3) is 5.10. The van der Waals surface area contributed by atoms with Crippen molar-refractivity contribution in [1.82, 2.24) is 4.90 Å². The van der Waals surface area contributed by atoms with E-state index < -0.39 is 30.7 Å². The summed E-state index contributed by atoms with van der Waals surface area (Å²) in [4.78, 5) is 14.6. The second kappa shape index (κ2) is 9.67. The first-order valence-corrected chi connectivity index (χ1v) is 11.0. The minimum atomic E-state index is -1.36. The molecule has 8 heteroatoms.